The Morgan fingerprint density at radius 3 is 2.66 bits per heavy atom. The number of likely N-dealkylation sites (tertiary alicyclic amines) is 1. The Bertz CT molecular complexity index is 1400. The fraction of sp³-hybridized carbons (Fsp3) is 0.280. The first-order valence-corrected chi connectivity index (χ1v) is 11.1. The van der Waals surface area contributed by atoms with Crippen LogP contribution in [-0.2, 0) is 5.54 Å². The molecule has 4 aromatic rings. The maximum absolute atomic E-state index is 13.9. The van der Waals surface area contributed by atoms with Crippen molar-refractivity contribution in [2.45, 2.75) is 38.6 Å². The van der Waals surface area contributed by atoms with Gasteiger partial charge in [0, 0.05) is 30.6 Å². The zero-order valence-corrected chi connectivity index (χ0v) is 19.1. The number of rotatable bonds is 4. The van der Waals surface area contributed by atoms with Gasteiger partial charge in [0.05, 0.1) is 22.1 Å². The smallest absolute Gasteiger partial charge is 0.406 e. The largest absolute Gasteiger partial charge is 0.573 e. The number of aryl methyl sites for hydroxylation is 1. The summed E-state index contributed by atoms with van der Waals surface area (Å²) >= 11 is 0. The summed E-state index contributed by atoms with van der Waals surface area (Å²) < 4.78 is 41.9. The number of carbonyl (C=O) groups is 1. The number of hydrogen-bond acceptors (Lipinski definition) is 5. The van der Waals surface area contributed by atoms with E-state index in [1.165, 1.54) is 18.2 Å². The van der Waals surface area contributed by atoms with Crippen LogP contribution in [0.2, 0.25) is 0 Å². The standard InChI is InChI=1S/C25H22F3N5O2/c1-15-5-7-17(21-29-10-4-11-30-21)18(13-15)22(34)33-12-3-9-24(33,2)23-31-19-8-6-16(14-20(19)32-23)35-25(26,27)28/h4-8,10-11,13-14H,3,9,12H2,1-2H3,(H,31,32). The molecule has 35 heavy (non-hydrogen) atoms. The minimum absolute atomic E-state index is 0.183. The lowest BCUT2D eigenvalue weighted by molar-refractivity contribution is -0.274. The lowest BCUT2D eigenvalue weighted by Gasteiger charge is -2.34. The van der Waals surface area contributed by atoms with Crippen molar-refractivity contribution in [3.05, 3.63) is 71.8 Å². The first kappa shape index (κ1) is 22.8. The number of amides is 1. The third-order valence-corrected chi connectivity index (χ3v) is 6.30. The fourth-order valence-electron chi connectivity index (χ4n) is 4.59. The second kappa shape index (κ2) is 8.37. The van der Waals surface area contributed by atoms with Crippen LogP contribution in [0, 0.1) is 6.92 Å². The molecule has 1 amide bonds. The average molecular weight is 481 g/mol. The molecule has 1 fully saturated rings. The van der Waals surface area contributed by atoms with Crippen molar-refractivity contribution in [2.75, 3.05) is 6.54 Å². The number of alkyl halides is 3. The predicted octanol–water partition coefficient (Wildman–Crippen LogP) is 5.38. The van der Waals surface area contributed by atoms with Gasteiger partial charge in [-0.15, -0.1) is 13.2 Å². The molecule has 1 aliphatic rings. The van der Waals surface area contributed by atoms with E-state index in [2.05, 4.69) is 24.7 Å². The Morgan fingerprint density at radius 2 is 1.91 bits per heavy atom. The van der Waals surface area contributed by atoms with Crippen LogP contribution in [0.1, 0.15) is 41.5 Å². The SMILES string of the molecule is Cc1ccc(-c2ncccn2)c(C(=O)N2CCCC2(C)c2nc3ccc(OC(F)(F)F)cc3[nH]2)c1. The van der Waals surface area contributed by atoms with E-state index in [1.54, 1.807) is 23.4 Å². The molecule has 0 aliphatic carbocycles. The van der Waals surface area contributed by atoms with Crippen molar-refractivity contribution in [2.24, 2.45) is 0 Å². The Morgan fingerprint density at radius 1 is 1.14 bits per heavy atom. The number of nitrogens with zero attached hydrogens (tertiary/aromatic N) is 4. The summed E-state index contributed by atoms with van der Waals surface area (Å²) in [5, 5.41) is 0. The van der Waals surface area contributed by atoms with Crippen molar-refractivity contribution in [1.29, 1.82) is 0 Å². The first-order chi connectivity index (χ1) is 16.6. The lowest BCUT2D eigenvalue weighted by Crippen LogP contribution is -2.43. The highest BCUT2D eigenvalue weighted by molar-refractivity contribution is 6.01. The maximum atomic E-state index is 13.9. The highest BCUT2D eigenvalue weighted by Gasteiger charge is 2.44. The zero-order valence-electron chi connectivity index (χ0n) is 19.1. The van der Waals surface area contributed by atoms with E-state index in [-0.39, 0.29) is 11.7 Å². The third-order valence-electron chi connectivity index (χ3n) is 6.30. The summed E-state index contributed by atoms with van der Waals surface area (Å²) in [7, 11) is 0. The number of fused-ring (bicyclic) bond motifs is 1. The van der Waals surface area contributed by atoms with Crippen molar-refractivity contribution in [3.8, 4) is 17.1 Å². The summed E-state index contributed by atoms with van der Waals surface area (Å²) in [5.41, 5.74) is 2.16. The number of carbonyl (C=O) groups excluding carboxylic acids is 1. The fourth-order valence-corrected chi connectivity index (χ4v) is 4.59. The second-order valence-electron chi connectivity index (χ2n) is 8.77. The molecule has 1 N–H and O–H groups in total. The number of halogens is 3. The molecule has 1 saturated heterocycles. The van der Waals surface area contributed by atoms with Gasteiger partial charge in [0.25, 0.3) is 5.91 Å². The Kier molecular flexibility index (Phi) is 5.46. The van der Waals surface area contributed by atoms with Gasteiger partial charge in [-0.3, -0.25) is 4.79 Å². The monoisotopic (exact) mass is 481 g/mol. The third kappa shape index (κ3) is 4.31. The summed E-state index contributed by atoms with van der Waals surface area (Å²) in [5.74, 6) is 0.444. The zero-order chi connectivity index (χ0) is 24.8. The van der Waals surface area contributed by atoms with E-state index in [4.69, 9.17) is 0 Å². The first-order valence-electron chi connectivity index (χ1n) is 11.1. The van der Waals surface area contributed by atoms with Crippen molar-refractivity contribution in [3.63, 3.8) is 0 Å². The van der Waals surface area contributed by atoms with Crippen LogP contribution >= 0.6 is 0 Å². The molecular formula is C25H22F3N5O2. The molecule has 0 saturated carbocycles. The number of aromatic nitrogens is 4. The van der Waals surface area contributed by atoms with Crippen LogP contribution in [-0.4, -0.2) is 43.7 Å². The van der Waals surface area contributed by atoms with Crippen LogP contribution in [0.15, 0.2) is 54.9 Å². The number of imidazole rings is 1. The molecule has 10 heteroatoms. The number of ether oxygens (including phenoxy) is 1. The van der Waals surface area contributed by atoms with Gasteiger partial charge in [-0.25, -0.2) is 15.0 Å². The van der Waals surface area contributed by atoms with Crippen molar-refractivity contribution in [1.82, 2.24) is 24.8 Å². The van der Waals surface area contributed by atoms with E-state index in [9.17, 15) is 18.0 Å². The molecule has 3 heterocycles. The number of benzene rings is 2. The second-order valence-corrected chi connectivity index (χ2v) is 8.77. The molecule has 0 bridgehead atoms. The van der Waals surface area contributed by atoms with Crippen molar-refractivity contribution < 1.29 is 22.7 Å². The van der Waals surface area contributed by atoms with Gasteiger partial charge in [0.1, 0.15) is 11.6 Å². The minimum atomic E-state index is -4.79. The topological polar surface area (TPSA) is 84.0 Å². The average Bonchev–Trinajstić information content (AvgIpc) is 3.42. The Balaban J connectivity index is 1.52. The van der Waals surface area contributed by atoms with Gasteiger partial charge in [-0.05, 0) is 51.0 Å². The van der Waals surface area contributed by atoms with Gasteiger partial charge < -0.3 is 14.6 Å². The Labute approximate surface area is 199 Å². The van der Waals surface area contributed by atoms with E-state index in [0.29, 0.717) is 46.8 Å². The molecule has 2 aromatic carbocycles. The molecule has 180 valence electrons. The number of aromatic amines is 1. The molecule has 7 nitrogen and oxygen atoms in total. The number of nitrogens with one attached hydrogen (secondary N) is 1. The number of H-pyrrole nitrogens is 1. The molecule has 1 unspecified atom stereocenters. The Hall–Kier alpha value is -3.95. The van der Waals surface area contributed by atoms with Gasteiger partial charge >= 0.3 is 6.36 Å². The number of hydrogen-bond donors (Lipinski definition) is 1. The van der Waals surface area contributed by atoms with E-state index in [0.717, 1.165) is 12.0 Å². The molecule has 0 radical (unpaired) electrons. The van der Waals surface area contributed by atoms with Crippen LogP contribution in [0.25, 0.3) is 22.4 Å². The van der Waals surface area contributed by atoms with Crippen LogP contribution in [0.3, 0.4) is 0 Å². The molecule has 2 aromatic heterocycles. The van der Waals surface area contributed by atoms with Gasteiger partial charge in [0.2, 0.25) is 0 Å². The quantitative estimate of drug-likeness (QED) is 0.423. The molecule has 5 rings (SSSR count). The summed E-state index contributed by atoms with van der Waals surface area (Å²) in [6.45, 7) is 4.34. The summed E-state index contributed by atoms with van der Waals surface area (Å²) in [4.78, 5) is 32.0. The molecule has 1 atom stereocenters. The van der Waals surface area contributed by atoms with Crippen LogP contribution in [0.4, 0.5) is 13.2 Å². The van der Waals surface area contributed by atoms with Crippen LogP contribution < -0.4 is 4.74 Å². The van der Waals surface area contributed by atoms with Crippen LogP contribution in [0.5, 0.6) is 5.75 Å². The predicted molar refractivity (Wildman–Crippen MR) is 123 cm³/mol. The lowest BCUT2D eigenvalue weighted by atomic mass is 9.95. The minimum Gasteiger partial charge on any atom is -0.406 e. The van der Waals surface area contributed by atoms with Crippen molar-refractivity contribution >= 4 is 16.9 Å². The highest BCUT2D eigenvalue weighted by Crippen LogP contribution is 2.40. The maximum Gasteiger partial charge on any atom is 0.573 e. The molecule has 1 aliphatic heterocycles. The highest BCUT2D eigenvalue weighted by atomic mass is 19.4. The van der Waals surface area contributed by atoms with Gasteiger partial charge in [-0.2, -0.15) is 0 Å². The normalized spacial score (nSPS) is 18.3. The van der Waals surface area contributed by atoms with E-state index in [1.807, 2.05) is 32.0 Å². The van der Waals surface area contributed by atoms with Gasteiger partial charge in [-0.1, -0.05) is 17.7 Å². The van der Waals surface area contributed by atoms with E-state index >= 15 is 0 Å². The summed E-state index contributed by atoms with van der Waals surface area (Å²) in [6, 6.07) is 11.2. The van der Waals surface area contributed by atoms with Gasteiger partial charge in [0.15, 0.2) is 5.82 Å². The molecular weight excluding hydrogens is 459 g/mol. The molecule has 0 spiro atoms. The van der Waals surface area contributed by atoms with E-state index < -0.39 is 11.9 Å². The summed E-state index contributed by atoms with van der Waals surface area (Å²) in [6.07, 6.45) is -0.132.